The average molecular weight is 250 g/mol. The largest absolute Gasteiger partial charge is 0.393 e. The van der Waals surface area contributed by atoms with Gasteiger partial charge in [-0.15, -0.1) is 0 Å². The number of aliphatic hydroxyl groups is 1. The molecule has 1 N–H and O–H groups in total. The van der Waals surface area contributed by atoms with Crippen LogP contribution in [-0.4, -0.2) is 40.3 Å². The van der Waals surface area contributed by atoms with E-state index in [4.69, 9.17) is 4.52 Å². The molecule has 3 rings (SSSR count). The lowest BCUT2D eigenvalue weighted by molar-refractivity contribution is -0.0952. The Morgan fingerprint density at radius 3 is 2.67 bits per heavy atom. The van der Waals surface area contributed by atoms with E-state index >= 15 is 0 Å². The number of amides is 1. The number of aliphatic hydroxyl groups excluding tert-OH is 1. The fraction of sp³-hybridized carbons (Fsp3) is 0.692. The number of carbonyl (C=O) groups excluding carboxylic acids is 1. The topological polar surface area (TPSA) is 66.6 Å². The number of hydrogen-bond acceptors (Lipinski definition) is 4. The van der Waals surface area contributed by atoms with Crippen LogP contribution in [0.1, 0.15) is 41.9 Å². The molecule has 2 heterocycles. The van der Waals surface area contributed by atoms with Gasteiger partial charge in [0.1, 0.15) is 5.76 Å². The smallest absolute Gasteiger partial charge is 0.276 e. The van der Waals surface area contributed by atoms with Crippen LogP contribution in [0.4, 0.5) is 0 Å². The van der Waals surface area contributed by atoms with E-state index in [-0.39, 0.29) is 17.4 Å². The Morgan fingerprint density at radius 1 is 1.50 bits per heavy atom. The number of piperidine rings is 1. The minimum absolute atomic E-state index is 0.0597. The molecule has 0 radical (unpaired) electrons. The molecular formula is C13H18N2O3. The van der Waals surface area contributed by atoms with Gasteiger partial charge in [-0.05, 0) is 38.0 Å². The van der Waals surface area contributed by atoms with Crippen molar-refractivity contribution < 1.29 is 14.4 Å². The minimum atomic E-state index is -0.163. The summed E-state index contributed by atoms with van der Waals surface area (Å²) in [5, 5.41) is 13.6. The Hall–Kier alpha value is -1.36. The summed E-state index contributed by atoms with van der Waals surface area (Å²) in [5.41, 5.74) is 0.480. The lowest BCUT2D eigenvalue weighted by atomic mass is 9.61. The fourth-order valence-electron chi connectivity index (χ4n) is 3.05. The summed E-state index contributed by atoms with van der Waals surface area (Å²) in [6, 6.07) is 1.67. The maximum atomic E-state index is 12.2. The highest BCUT2D eigenvalue weighted by atomic mass is 16.5. The third kappa shape index (κ3) is 1.73. The highest BCUT2D eigenvalue weighted by molar-refractivity contribution is 5.92. The van der Waals surface area contributed by atoms with Crippen molar-refractivity contribution in [3.8, 4) is 0 Å². The van der Waals surface area contributed by atoms with E-state index in [1.807, 2.05) is 4.90 Å². The van der Waals surface area contributed by atoms with E-state index in [0.29, 0.717) is 24.5 Å². The SMILES string of the molecule is Cc1cc(C(=O)N2CCC3(CCC3O)CC2)no1. The van der Waals surface area contributed by atoms with Crippen molar-refractivity contribution in [1.29, 1.82) is 0 Å². The Kier molecular flexibility index (Phi) is 2.66. The lowest BCUT2D eigenvalue weighted by Crippen LogP contribution is -2.53. The van der Waals surface area contributed by atoms with Gasteiger partial charge in [-0.3, -0.25) is 4.79 Å². The molecule has 1 aromatic rings. The summed E-state index contributed by atoms with van der Waals surface area (Å²) in [5.74, 6) is 0.594. The number of aromatic nitrogens is 1. The van der Waals surface area contributed by atoms with Crippen molar-refractivity contribution in [3.05, 3.63) is 17.5 Å². The molecule has 98 valence electrons. The molecule has 0 bridgehead atoms. The Balaban J connectivity index is 1.64. The van der Waals surface area contributed by atoms with Gasteiger partial charge in [0.2, 0.25) is 0 Å². The molecule has 1 amide bonds. The highest BCUT2D eigenvalue weighted by Crippen LogP contribution is 2.49. The Labute approximate surface area is 106 Å². The maximum Gasteiger partial charge on any atom is 0.276 e. The first-order valence-corrected chi connectivity index (χ1v) is 6.51. The summed E-state index contributed by atoms with van der Waals surface area (Å²) >= 11 is 0. The number of aryl methyl sites for hydroxylation is 1. The van der Waals surface area contributed by atoms with Crippen molar-refractivity contribution in [2.45, 2.75) is 38.7 Å². The quantitative estimate of drug-likeness (QED) is 0.817. The molecule has 1 atom stereocenters. The van der Waals surface area contributed by atoms with Gasteiger partial charge in [-0.25, -0.2) is 0 Å². The predicted octanol–water partition coefficient (Wildman–Crippen LogP) is 1.36. The molecule has 2 aliphatic rings. The molecule has 1 saturated heterocycles. The second-order valence-corrected chi connectivity index (χ2v) is 5.53. The van der Waals surface area contributed by atoms with Crippen LogP contribution in [0, 0.1) is 12.3 Å². The number of nitrogens with zero attached hydrogens (tertiary/aromatic N) is 2. The first-order valence-electron chi connectivity index (χ1n) is 6.51. The van der Waals surface area contributed by atoms with Crippen LogP contribution in [0.15, 0.2) is 10.6 Å². The number of hydrogen-bond donors (Lipinski definition) is 1. The van der Waals surface area contributed by atoms with Gasteiger partial charge < -0.3 is 14.5 Å². The zero-order valence-corrected chi connectivity index (χ0v) is 10.6. The second-order valence-electron chi connectivity index (χ2n) is 5.53. The number of likely N-dealkylation sites (tertiary alicyclic amines) is 1. The molecule has 5 nitrogen and oxygen atoms in total. The van der Waals surface area contributed by atoms with Crippen LogP contribution >= 0.6 is 0 Å². The van der Waals surface area contributed by atoms with Gasteiger partial charge in [0.25, 0.3) is 5.91 Å². The highest BCUT2D eigenvalue weighted by Gasteiger charge is 2.47. The molecule has 18 heavy (non-hydrogen) atoms. The van der Waals surface area contributed by atoms with Crippen LogP contribution < -0.4 is 0 Å². The zero-order chi connectivity index (χ0) is 12.8. The van der Waals surface area contributed by atoms with Crippen molar-refractivity contribution in [1.82, 2.24) is 10.1 Å². The molecule has 2 fully saturated rings. The van der Waals surface area contributed by atoms with Gasteiger partial charge in [0.15, 0.2) is 5.69 Å². The summed E-state index contributed by atoms with van der Waals surface area (Å²) in [7, 11) is 0. The van der Waals surface area contributed by atoms with Crippen LogP contribution in [0.25, 0.3) is 0 Å². The maximum absolute atomic E-state index is 12.2. The summed E-state index contributed by atoms with van der Waals surface area (Å²) in [4.78, 5) is 14.0. The van der Waals surface area contributed by atoms with Gasteiger partial charge >= 0.3 is 0 Å². The molecule has 5 heteroatoms. The van der Waals surface area contributed by atoms with E-state index in [0.717, 1.165) is 25.7 Å². The molecule has 1 unspecified atom stereocenters. The number of carbonyl (C=O) groups is 1. The van der Waals surface area contributed by atoms with Crippen LogP contribution in [0.3, 0.4) is 0 Å². The zero-order valence-electron chi connectivity index (χ0n) is 10.6. The third-order valence-electron chi connectivity index (χ3n) is 4.52. The summed E-state index contributed by atoms with van der Waals surface area (Å²) in [6.07, 6.45) is 3.65. The number of rotatable bonds is 1. The van der Waals surface area contributed by atoms with E-state index in [1.54, 1.807) is 13.0 Å². The van der Waals surface area contributed by atoms with E-state index in [2.05, 4.69) is 5.16 Å². The van der Waals surface area contributed by atoms with E-state index < -0.39 is 0 Å². The lowest BCUT2D eigenvalue weighted by Gasteiger charge is -2.51. The molecule has 1 aliphatic carbocycles. The van der Waals surface area contributed by atoms with Crippen molar-refractivity contribution in [3.63, 3.8) is 0 Å². The first kappa shape index (κ1) is 11.7. The minimum Gasteiger partial charge on any atom is -0.393 e. The predicted molar refractivity (Wildman–Crippen MR) is 64.1 cm³/mol. The first-order chi connectivity index (χ1) is 8.61. The van der Waals surface area contributed by atoms with E-state index in [1.165, 1.54) is 0 Å². The van der Waals surface area contributed by atoms with Crippen molar-refractivity contribution in [2.75, 3.05) is 13.1 Å². The second kappa shape index (κ2) is 4.09. The van der Waals surface area contributed by atoms with Gasteiger partial charge in [0, 0.05) is 19.2 Å². The monoisotopic (exact) mass is 250 g/mol. The van der Waals surface area contributed by atoms with Gasteiger partial charge in [-0.1, -0.05) is 5.16 Å². The molecular weight excluding hydrogens is 232 g/mol. The van der Waals surface area contributed by atoms with Crippen molar-refractivity contribution >= 4 is 5.91 Å². The van der Waals surface area contributed by atoms with Crippen LogP contribution in [-0.2, 0) is 0 Å². The Morgan fingerprint density at radius 2 is 2.22 bits per heavy atom. The van der Waals surface area contributed by atoms with Gasteiger partial charge in [-0.2, -0.15) is 0 Å². The van der Waals surface area contributed by atoms with Gasteiger partial charge in [0.05, 0.1) is 6.10 Å². The van der Waals surface area contributed by atoms with Crippen LogP contribution in [0.5, 0.6) is 0 Å². The normalized spacial score (nSPS) is 26.1. The summed E-state index contributed by atoms with van der Waals surface area (Å²) in [6.45, 7) is 3.20. The van der Waals surface area contributed by atoms with E-state index in [9.17, 15) is 9.90 Å². The molecule has 1 aliphatic heterocycles. The third-order valence-corrected chi connectivity index (χ3v) is 4.52. The summed E-state index contributed by atoms with van der Waals surface area (Å²) < 4.78 is 4.93. The van der Waals surface area contributed by atoms with Crippen LogP contribution in [0.2, 0.25) is 0 Å². The van der Waals surface area contributed by atoms with Crippen molar-refractivity contribution in [2.24, 2.45) is 5.41 Å². The molecule has 1 saturated carbocycles. The molecule has 1 aromatic heterocycles. The fourth-order valence-corrected chi connectivity index (χ4v) is 3.05. The molecule has 1 spiro atoms. The Bertz CT molecular complexity index is 461. The molecule has 0 aromatic carbocycles. The average Bonchev–Trinajstić information content (AvgIpc) is 2.83. The standard InChI is InChI=1S/C13H18N2O3/c1-9-8-10(14-18-9)12(17)15-6-4-13(5-7-15)3-2-11(13)16/h8,11,16H,2-7H2,1H3.